The number of carboxylic acid groups (broad SMARTS) is 1. The number of hydrogen-bond acceptors (Lipinski definition) is 6. The first-order valence-electron chi connectivity index (χ1n) is 8.43. The summed E-state index contributed by atoms with van der Waals surface area (Å²) in [7, 11) is 0. The number of amides is 2. The molecule has 8 heteroatoms. The molecule has 7 nitrogen and oxygen atoms in total. The van der Waals surface area contributed by atoms with Gasteiger partial charge in [0.1, 0.15) is 11.5 Å². The Labute approximate surface area is 165 Å². The molecule has 1 N–H and O–H groups in total. The first kappa shape index (κ1) is 19.5. The molecule has 1 aliphatic rings. The van der Waals surface area contributed by atoms with Gasteiger partial charge in [-0.1, -0.05) is 12.1 Å². The zero-order valence-electron chi connectivity index (χ0n) is 15.0. The van der Waals surface area contributed by atoms with Gasteiger partial charge < -0.3 is 14.6 Å². The van der Waals surface area contributed by atoms with E-state index in [1.54, 1.807) is 54.6 Å². The summed E-state index contributed by atoms with van der Waals surface area (Å²) < 4.78 is 10.5. The molecule has 0 aromatic heterocycles. The molecular weight excluding hydrogens is 382 g/mol. The second-order valence-electron chi connectivity index (χ2n) is 5.70. The molecule has 0 bridgehead atoms. The van der Waals surface area contributed by atoms with Gasteiger partial charge in [0.05, 0.1) is 17.2 Å². The van der Waals surface area contributed by atoms with Crippen LogP contribution in [0.1, 0.15) is 12.5 Å². The molecule has 1 saturated heterocycles. The minimum atomic E-state index is -1.08. The van der Waals surface area contributed by atoms with Crippen molar-refractivity contribution in [3.8, 4) is 11.5 Å². The van der Waals surface area contributed by atoms with E-state index in [0.717, 1.165) is 16.7 Å². The summed E-state index contributed by atoms with van der Waals surface area (Å²) in [4.78, 5) is 37.0. The van der Waals surface area contributed by atoms with E-state index in [1.165, 1.54) is 0 Å². The highest BCUT2D eigenvalue weighted by atomic mass is 32.2. The summed E-state index contributed by atoms with van der Waals surface area (Å²) in [5.74, 6) is -0.480. The maximum Gasteiger partial charge on any atom is 0.341 e. The van der Waals surface area contributed by atoms with Crippen LogP contribution in [0.4, 0.5) is 10.5 Å². The van der Waals surface area contributed by atoms with Crippen LogP contribution in [0.3, 0.4) is 0 Å². The number of nitrogens with zero attached hydrogens (tertiary/aromatic N) is 1. The zero-order chi connectivity index (χ0) is 20.1. The number of rotatable bonds is 7. The molecule has 2 aromatic carbocycles. The van der Waals surface area contributed by atoms with Gasteiger partial charge in [-0.2, -0.15) is 0 Å². The van der Waals surface area contributed by atoms with Gasteiger partial charge in [0.15, 0.2) is 6.61 Å². The summed E-state index contributed by atoms with van der Waals surface area (Å²) in [6.07, 6.45) is 1.58. The summed E-state index contributed by atoms with van der Waals surface area (Å²) >= 11 is 0.842. The van der Waals surface area contributed by atoms with Gasteiger partial charge in [0.25, 0.3) is 11.1 Å². The number of imide groups is 1. The van der Waals surface area contributed by atoms with Crippen LogP contribution >= 0.6 is 11.8 Å². The minimum Gasteiger partial charge on any atom is -0.494 e. The molecule has 0 atom stereocenters. The van der Waals surface area contributed by atoms with Crippen LogP contribution in [-0.2, 0) is 9.59 Å². The van der Waals surface area contributed by atoms with Gasteiger partial charge in [0, 0.05) is 0 Å². The first-order valence-corrected chi connectivity index (χ1v) is 9.25. The third-order valence-electron chi connectivity index (χ3n) is 3.72. The Morgan fingerprint density at radius 3 is 2.54 bits per heavy atom. The molecule has 3 rings (SSSR count). The number of carbonyl (C=O) groups is 3. The minimum absolute atomic E-state index is 0.272. The summed E-state index contributed by atoms with van der Waals surface area (Å²) in [5.41, 5.74) is 1.09. The number of ether oxygens (including phenoxy) is 2. The number of carboxylic acids is 1. The van der Waals surface area contributed by atoms with Gasteiger partial charge in [-0.3, -0.25) is 9.59 Å². The summed E-state index contributed by atoms with van der Waals surface area (Å²) in [6, 6.07) is 13.4. The van der Waals surface area contributed by atoms with Crippen LogP contribution in [0.15, 0.2) is 53.4 Å². The lowest BCUT2D eigenvalue weighted by molar-refractivity contribution is -0.139. The number of aliphatic carboxylic acids is 1. The quantitative estimate of drug-likeness (QED) is 0.708. The molecule has 1 aliphatic heterocycles. The van der Waals surface area contributed by atoms with Gasteiger partial charge in [-0.05, 0) is 66.7 Å². The molecule has 1 heterocycles. The third-order valence-corrected chi connectivity index (χ3v) is 4.59. The van der Waals surface area contributed by atoms with Crippen LogP contribution in [0.5, 0.6) is 11.5 Å². The second-order valence-corrected chi connectivity index (χ2v) is 6.69. The Bertz CT molecular complexity index is 938. The molecule has 28 heavy (non-hydrogen) atoms. The Balaban J connectivity index is 1.79. The molecule has 0 radical (unpaired) electrons. The van der Waals surface area contributed by atoms with Crippen molar-refractivity contribution in [2.75, 3.05) is 18.1 Å². The fraction of sp³-hybridized carbons (Fsp3) is 0.150. The van der Waals surface area contributed by atoms with E-state index in [1.807, 2.05) is 6.92 Å². The Kier molecular flexibility index (Phi) is 6.00. The highest BCUT2D eigenvalue weighted by Gasteiger charge is 2.36. The highest BCUT2D eigenvalue weighted by Crippen LogP contribution is 2.36. The molecular formula is C20H17NO6S. The number of carbonyl (C=O) groups excluding carboxylic acids is 2. The van der Waals surface area contributed by atoms with E-state index in [9.17, 15) is 14.4 Å². The normalized spacial score (nSPS) is 15.2. The SMILES string of the molecule is CCOc1ccc(N2C(=O)S/C(=C/c3cccc(OCC(=O)O)c3)C2=O)cc1. The lowest BCUT2D eigenvalue weighted by atomic mass is 10.2. The molecule has 2 amide bonds. The fourth-order valence-corrected chi connectivity index (χ4v) is 3.38. The number of thioether (sulfide) groups is 1. The maximum atomic E-state index is 12.7. The average molecular weight is 399 g/mol. The topological polar surface area (TPSA) is 93.1 Å². The Morgan fingerprint density at radius 2 is 1.86 bits per heavy atom. The average Bonchev–Trinajstić information content (AvgIpc) is 2.95. The first-order chi connectivity index (χ1) is 13.5. The lowest BCUT2D eigenvalue weighted by Gasteiger charge is -2.13. The molecule has 0 spiro atoms. The number of hydrogen-bond donors (Lipinski definition) is 1. The van der Waals surface area contributed by atoms with Crippen molar-refractivity contribution < 1.29 is 29.0 Å². The number of benzene rings is 2. The highest BCUT2D eigenvalue weighted by molar-refractivity contribution is 8.19. The predicted octanol–water partition coefficient (Wildman–Crippen LogP) is 3.79. The lowest BCUT2D eigenvalue weighted by Crippen LogP contribution is -2.27. The molecule has 2 aromatic rings. The van der Waals surface area contributed by atoms with Crippen molar-refractivity contribution in [2.24, 2.45) is 0 Å². The maximum absolute atomic E-state index is 12.7. The molecule has 144 valence electrons. The van der Waals surface area contributed by atoms with Crippen molar-refractivity contribution in [1.29, 1.82) is 0 Å². The van der Waals surface area contributed by atoms with Crippen molar-refractivity contribution in [1.82, 2.24) is 0 Å². The fourth-order valence-electron chi connectivity index (χ4n) is 2.54. The van der Waals surface area contributed by atoms with Gasteiger partial charge in [0.2, 0.25) is 0 Å². The standard InChI is InChI=1S/C20H17NO6S/c1-2-26-15-8-6-14(7-9-15)21-19(24)17(28-20(21)25)11-13-4-3-5-16(10-13)27-12-18(22)23/h3-11H,2,12H2,1H3,(H,22,23)/b17-11+. The Hall–Kier alpha value is -3.26. The van der Waals surface area contributed by atoms with Crippen LogP contribution < -0.4 is 14.4 Å². The van der Waals surface area contributed by atoms with Gasteiger partial charge in [-0.25, -0.2) is 9.69 Å². The smallest absolute Gasteiger partial charge is 0.341 e. The van der Waals surface area contributed by atoms with Crippen molar-refractivity contribution in [2.45, 2.75) is 6.92 Å². The second kappa shape index (κ2) is 8.62. The summed E-state index contributed by atoms with van der Waals surface area (Å²) in [5, 5.41) is 8.30. The Morgan fingerprint density at radius 1 is 1.11 bits per heavy atom. The van der Waals surface area contributed by atoms with Gasteiger partial charge >= 0.3 is 5.97 Å². The van der Waals surface area contributed by atoms with E-state index in [-0.39, 0.29) is 4.91 Å². The van der Waals surface area contributed by atoms with E-state index < -0.39 is 23.7 Å². The molecule has 0 unspecified atom stereocenters. The predicted molar refractivity (Wildman–Crippen MR) is 106 cm³/mol. The molecule has 0 aliphatic carbocycles. The van der Waals surface area contributed by atoms with Gasteiger partial charge in [-0.15, -0.1) is 0 Å². The van der Waals surface area contributed by atoms with Crippen molar-refractivity contribution in [3.05, 3.63) is 59.0 Å². The third kappa shape index (κ3) is 4.52. The van der Waals surface area contributed by atoms with E-state index >= 15 is 0 Å². The van der Waals surface area contributed by atoms with E-state index in [2.05, 4.69) is 0 Å². The van der Waals surface area contributed by atoms with Crippen LogP contribution in [0, 0.1) is 0 Å². The number of anilines is 1. The molecule has 1 fully saturated rings. The monoisotopic (exact) mass is 399 g/mol. The van der Waals surface area contributed by atoms with Crippen molar-refractivity contribution >= 4 is 40.6 Å². The van der Waals surface area contributed by atoms with E-state index in [0.29, 0.717) is 29.4 Å². The van der Waals surface area contributed by atoms with Crippen molar-refractivity contribution in [3.63, 3.8) is 0 Å². The zero-order valence-corrected chi connectivity index (χ0v) is 15.8. The van der Waals surface area contributed by atoms with E-state index in [4.69, 9.17) is 14.6 Å². The summed E-state index contributed by atoms with van der Waals surface area (Å²) in [6.45, 7) is 1.94. The van der Waals surface area contributed by atoms with Crippen LogP contribution in [0.2, 0.25) is 0 Å². The molecule has 0 saturated carbocycles. The largest absolute Gasteiger partial charge is 0.494 e. The van der Waals surface area contributed by atoms with Crippen LogP contribution in [-0.4, -0.2) is 35.4 Å². The van der Waals surface area contributed by atoms with Crippen LogP contribution in [0.25, 0.3) is 6.08 Å².